The zero-order valence-corrected chi connectivity index (χ0v) is 14.0. The number of benzene rings is 1. The van der Waals surface area contributed by atoms with Crippen LogP contribution in [0.15, 0.2) is 18.2 Å². The Balaban J connectivity index is 1.48. The molecular formula is C16H21Cl2N3O. The Morgan fingerprint density at radius 3 is 3.00 bits per heavy atom. The second-order valence-corrected chi connectivity index (χ2v) is 7.22. The second-order valence-electron chi connectivity index (χ2n) is 6.38. The topological polar surface area (TPSA) is 44.4 Å². The molecule has 0 saturated carbocycles. The van der Waals surface area contributed by atoms with Gasteiger partial charge in [-0.25, -0.2) is 0 Å². The van der Waals surface area contributed by atoms with E-state index in [1.165, 1.54) is 12.8 Å². The maximum atomic E-state index is 12.1. The predicted molar refractivity (Wildman–Crippen MR) is 90.7 cm³/mol. The summed E-state index contributed by atoms with van der Waals surface area (Å²) in [4.78, 5) is 14.5. The van der Waals surface area contributed by atoms with Crippen molar-refractivity contribution in [3.63, 3.8) is 0 Å². The maximum Gasteiger partial charge on any atom is 0.225 e. The quantitative estimate of drug-likeness (QED) is 0.884. The number of nitrogens with zero attached hydrogens (tertiary/aromatic N) is 1. The van der Waals surface area contributed by atoms with Crippen molar-refractivity contribution >= 4 is 34.8 Å². The van der Waals surface area contributed by atoms with E-state index < -0.39 is 0 Å². The molecule has 1 aromatic rings. The third-order valence-electron chi connectivity index (χ3n) is 4.71. The Bertz CT molecular complexity index is 558. The van der Waals surface area contributed by atoms with E-state index in [0.717, 1.165) is 32.7 Å². The van der Waals surface area contributed by atoms with Crippen LogP contribution in [-0.4, -0.2) is 43.5 Å². The van der Waals surface area contributed by atoms with Gasteiger partial charge in [0.2, 0.25) is 5.91 Å². The van der Waals surface area contributed by atoms with Gasteiger partial charge < -0.3 is 15.5 Å². The molecule has 1 aromatic carbocycles. The van der Waals surface area contributed by atoms with Crippen LogP contribution in [0.2, 0.25) is 10.0 Å². The fraction of sp³-hybridized carbons (Fsp3) is 0.562. The molecule has 22 heavy (non-hydrogen) atoms. The van der Waals surface area contributed by atoms with Crippen LogP contribution in [0.5, 0.6) is 0 Å². The van der Waals surface area contributed by atoms with Crippen molar-refractivity contribution in [2.45, 2.75) is 19.3 Å². The first-order valence-electron chi connectivity index (χ1n) is 7.74. The van der Waals surface area contributed by atoms with Gasteiger partial charge in [0.25, 0.3) is 0 Å². The fourth-order valence-electron chi connectivity index (χ4n) is 3.43. The second kappa shape index (κ2) is 6.75. The predicted octanol–water partition coefficient (Wildman–Crippen LogP) is 3.01. The molecule has 2 saturated heterocycles. The molecule has 1 amide bonds. The highest BCUT2D eigenvalue weighted by Crippen LogP contribution is 2.35. The molecule has 1 unspecified atom stereocenters. The minimum Gasteiger partial charge on any atom is -0.325 e. The molecule has 2 aliphatic heterocycles. The number of carbonyl (C=O) groups is 1. The van der Waals surface area contributed by atoms with Crippen molar-refractivity contribution in [2.75, 3.05) is 38.0 Å². The number of rotatable bonds is 4. The maximum absolute atomic E-state index is 12.1. The average Bonchev–Trinajstić information content (AvgIpc) is 3.11. The number of hydrogen-bond acceptors (Lipinski definition) is 3. The first-order valence-corrected chi connectivity index (χ1v) is 8.50. The van der Waals surface area contributed by atoms with Crippen molar-refractivity contribution in [1.82, 2.24) is 10.2 Å². The minimum absolute atomic E-state index is 0.0188. The first-order chi connectivity index (χ1) is 10.6. The monoisotopic (exact) mass is 341 g/mol. The van der Waals surface area contributed by atoms with Crippen molar-refractivity contribution in [1.29, 1.82) is 0 Å². The zero-order chi connectivity index (χ0) is 15.6. The van der Waals surface area contributed by atoms with E-state index in [2.05, 4.69) is 15.5 Å². The number of amides is 1. The van der Waals surface area contributed by atoms with Crippen molar-refractivity contribution in [3.05, 3.63) is 28.2 Å². The lowest BCUT2D eigenvalue weighted by atomic mass is 9.87. The van der Waals surface area contributed by atoms with Gasteiger partial charge in [0.15, 0.2) is 0 Å². The standard InChI is InChI=1S/C16H21Cl2N3O/c17-12-1-2-13(18)14(9-12)20-15(22)3-7-21-8-5-16(11-21)4-6-19-10-16/h1-2,9,19H,3-8,10-11H2,(H,20,22). The first kappa shape index (κ1) is 16.1. The molecule has 0 aromatic heterocycles. The fourth-order valence-corrected chi connectivity index (χ4v) is 3.76. The zero-order valence-electron chi connectivity index (χ0n) is 12.5. The molecule has 0 radical (unpaired) electrons. The Hall–Kier alpha value is -0.810. The van der Waals surface area contributed by atoms with Gasteiger partial charge in [-0.05, 0) is 49.5 Å². The molecule has 120 valence electrons. The number of likely N-dealkylation sites (tertiary alicyclic amines) is 1. The number of carbonyl (C=O) groups excluding carboxylic acids is 1. The van der Waals surface area contributed by atoms with E-state index in [-0.39, 0.29) is 5.91 Å². The van der Waals surface area contributed by atoms with E-state index in [1.807, 2.05) is 0 Å². The molecule has 2 fully saturated rings. The van der Waals surface area contributed by atoms with Crippen LogP contribution >= 0.6 is 23.2 Å². The summed E-state index contributed by atoms with van der Waals surface area (Å²) in [6, 6.07) is 5.08. The van der Waals surface area contributed by atoms with Crippen molar-refractivity contribution in [3.8, 4) is 0 Å². The highest BCUT2D eigenvalue weighted by molar-refractivity contribution is 6.35. The molecule has 4 nitrogen and oxygen atoms in total. The minimum atomic E-state index is -0.0188. The Morgan fingerprint density at radius 2 is 2.23 bits per heavy atom. The molecule has 2 N–H and O–H groups in total. The summed E-state index contributed by atoms with van der Waals surface area (Å²) in [5, 5.41) is 7.37. The van der Waals surface area contributed by atoms with Gasteiger partial charge in [0.1, 0.15) is 0 Å². The smallest absolute Gasteiger partial charge is 0.225 e. The van der Waals surface area contributed by atoms with Gasteiger partial charge in [0.05, 0.1) is 10.7 Å². The Morgan fingerprint density at radius 1 is 1.36 bits per heavy atom. The molecule has 0 aliphatic carbocycles. The summed E-state index contributed by atoms with van der Waals surface area (Å²) in [6.07, 6.45) is 2.97. The number of nitrogens with one attached hydrogen (secondary N) is 2. The Labute approximate surface area is 141 Å². The van der Waals surface area contributed by atoms with Gasteiger partial charge in [-0.15, -0.1) is 0 Å². The SMILES string of the molecule is O=C(CCN1CCC2(CCNC2)C1)Nc1cc(Cl)ccc1Cl. The molecule has 2 heterocycles. The lowest BCUT2D eigenvalue weighted by Crippen LogP contribution is -2.31. The normalized spacial score (nSPS) is 25.0. The van der Waals surface area contributed by atoms with Crippen LogP contribution < -0.4 is 10.6 Å². The lowest BCUT2D eigenvalue weighted by Gasteiger charge is -2.22. The average molecular weight is 342 g/mol. The van der Waals surface area contributed by atoms with Gasteiger partial charge >= 0.3 is 0 Å². The van der Waals surface area contributed by atoms with Crippen LogP contribution in [0.25, 0.3) is 0 Å². The summed E-state index contributed by atoms with van der Waals surface area (Å²) in [7, 11) is 0. The highest BCUT2D eigenvalue weighted by atomic mass is 35.5. The summed E-state index contributed by atoms with van der Waals surface area (Å²) < 4.78 is 0. The third-order valence-corrected chi connectivity index (χ3v) is 5.27. The van der Waals surface area contributed by atoms with Gasteiger partial charge in [-0.2, -0.15) is 0 Å². The molecule has 3 rings (SSSR count). The van der Waals surface area contributed by atoms with E-state index in [1.54, 1.807) is 18.2 Å². The van der Waals surface area contributed by atoms with E-state index >= 15 is 0 Å². The van der Waals surface area contributed by atoms with Crippen molar-refractivity contribution < 1.29 is 4.79 Å². The summed E-state index contributed by atoms with van der Waals surface area (Å²) >= 11 is 12.0. The van der Waals surface area contributed by atoms with Gasteiger partial charge in [0, 0.05) is 31.1 Å². The molecule has 1 spiro atoms. The van der Waals surface area contributed by atoms with Crippen LogP contribution in [-0.2, 0) is 4.79 Å². The van der Waals surface area contributed by atoms with Crippen LogP contribution in [0.3, 0.4) is 0 Å². The van der Waals surface area contributed by atoms with Gasteiger partial charge in [-0.1, -0.05) is 23.2 Å². The van der Waals surface area contributed by atoms with Crippen molar-refractivity contribution in [2.24, 2.45) is 5.41 Å². The van der Waals surface area contributed by atoms with Crippen LogP contribution in [0.1, 0.15) is 19.3 Å². The largest absolute Gasteiger partial charge is 0.325 e. The number of anilines is 1. The van der Waals surface area contributed by atoms with Crippen LogP contribution in [0.4, 0.5) is 5.69 Å². The summed E-state index contributed by atoms with van der Waals surface area (Å²) in [6.45, 7) is 5.24. The van der Waals surface area contributed by atoms with Gasteiger partial charge in [-0.3, -0.25) is 4.79 Å². The van der Waals surface area contributed by atoms with E-state index in [0.29, 0.717) is 27.6 Å². The summed E-state index contributed by atoms with van der Waals surface area (Å²) in [5.74, 6) is -0.0188. The highest BCUT2D eigenvalue weighted by Gasteiger charge is 2.39. The third kappa shape index (κ3) is 3.74. The molecular weight excluding hydrogens is 321 g/mol. The molecule has 6 heteroatoms. The Kier molecular flexibility index (Phi) is 4.93. The lowest BCUT2D eigenvalue weighted by molar-refractivity contribution is -0.116. The molecule has 0 bridgehead atoms. The van der Waals surface area contributed by atoms with Crippen LogP contribution in [0, 0.1) is 5.41 Å². The number of halogens is 2. The van der Waals surface area contributed by atoms with E-state index in [9.17, 15) is 4.79 Å². The summed E-state index contributed by atoms with van der Waals surface area (Å²) in [5.41, 5.74) is 1.03. The number of hydrogen-bond donors (Lipinski definition) is 2. The van der Waals surface area contributed by atoms with E-state index in [4.69, 9.17) is 23.2 Å². The molecule has 2 aliphatic rings. The molecule has 1 atom stereocenters.